The van der Waals surface area contributed by atoms with Crippen LogP contribution in [-0.2, 0) is 13.5 Å². The van der Waals surface area contributed by atoms with E-state index in [9.17, 15) is 0 Å². The molecule has 0 amide bonds. The summed E-state index contributed by atoms with van der Waals surface area (Å²) in [5, 5.41) is 14.1. The summed E-state index contributed by atoms with van der Waals surface area (Å²) in [6, 6.07) is 8.38. The van der Waals surface area contributed by atoms with Crippen LogP contribution in [0, 0.1) is 17.2 Å². The fourth-order valence-electron chi connectivity index (χ4n) is 1.99. The predicted octanol–water partition coefficient (Wildman–Crippen LogP) is 2.64. The summed E-state index contributed by atoms with van der Waals surface area (Å²) in [5.74, 6) is 0.625. The quantitative estimate of drug-likeness (QED) is 0.769. The van der Waals surface area contributed by atoms with Gasteiger partial charge in [-0.3, -0.25) is 4.68 Å². The van der Waals surface area contributed by atoms with Gasteiger partial charge in [-0.05, 0) is 30.0 Å². The fourth-order valence-corrected chi connectivity index (χ4v) is 1.99. The standard InChI is InChI=1S/C13H15N3/c1-9(2)6-10-4-5-13-11(7-10)12(8-14)15-16(13)3/h4-5,7,9H,6H2,1-3H3. The highest BCUT2D eigenvalue weighted by Crippen LogP contribution is 2.20. The first-order chi connectivity index (χ1) is 7.61. The molecule has 2 aromatic rings. The minimum atomic E-state index is 0.517. The van der Waals surface area contributed by atoms with Crippen LogP contribution in [0.4, 0.5) is 0 Å². The molecule has 3 heteroatoms. The van der Waals surface area contributed by atoms with Gasteiger partial charge in [-0.2, -0.15) is 10.4 Å². The smallest absolute Gasteiger partial charge is 0.170 e. The van der Waals surface area contributed by atoms with Gasteiger partial charge in [-0.25, -0.2) is 0 Å². The molecular formula is C13H15N3. The van der Waals surface area contributed by atoms with Gasteiger partial charge in [-0.1, -0.05) is 19.9 Å². The molecule has 0 unspecified atom stereocenters. The van der Waals surface area contributed by atoms with E-state index in [-0.39, 0.29) is 0 Å². The molecule has 0 aliphatic rings. The summed E-state index contributed by atoms with van der Waals surface area (Å²) >= 11 is 0. The predicted molar refractivity (Wildman–Crippen MR) is 64.0 cm³/mol. The zero-order chi connectivity index (χ0) is 11.7. The zero-order valence-corrected chi connectivity index (χ0v) is 9.86. The largest absolute Gasteiger partial charge is 0.267 e. The SMILES string of the molecule is CC(C)Cc1ccc2c(c1)c(C#N)nn2C. The molecule has 0 aliphatic carbocycles. The summed E-state index contributed by atoms with van der Waals surface area (Å²) in [5.41, 5.74) is 2.80. The Morgan fingerprint density at radius 2 is 2.19 bits per heavy atom. The van der Waals surface area contributed by atoms with Crippen LogP contribution in [0.5, 0.6) is 0 Å². The van der Waals surface area contributed by atoms with E-state index in [0.717, 1.165) is 17.3 Å². The topological polar surface area (TPSA) is 41.6 Å². The number of hydrogen-bond acceptors (Lipinski definition) is 2. The Hall–Kier alpha value is -1.82. The highest BCUT2D eigenvalue weighted by molar-refractivity contribution is 5.84. The van der Waals surface area contributed by atoms with Crippen molar-refractivity contribution in [2.45, 2.75) is 20.3 Å². The van der Waals surface area contributed by atoms with E-state index >= 15 is 0 Å². The summed E-state index contributed by atoms with van der Waals surface area (Å²) in [6.45, 7) is 4.39. The van der Waals surface area contributed by atoms with Gasteiger partial charge in [0.1, 0.15) is 6.07 Å². The van der Waals surface area contributed by atoms with Crippen LogP contribution in [0.3, 0.4) is 0 Å². The van der Waals surface area contributed by atoms with Gasteiger partial charge in [-0.15, -0.1) is 0 Å². The monoisotopic (exact) mass is 213 g/mol. The minimum Gasteiger partial charge on any atom is -0.267 e. The van der Waals surface area contributed by atoms with Crippen LogP contribution in [0.2, 0.25) is 0 Å². The number of fused-ring (bicyclic) bond motifs is 1. The molecule has 0 spiro atoms. The number of aromatic nitrogens is 2. The third-order valence-corrected chi connectivity index (χ3v) is 2.66. The average Bonchev–Trinajstić information content (AvgIpc) is 2.54. The summed E-state index contributed by atoms with van der Waals surface area (Å²) in [7, 11) is 1.87. The molecule has 0 atom stereocenters. The Morgan fingerprint density at radius 1 is 1.44 bits per heavy atom. The molecule has 82 valence electrons. The first-order valence-electron chi connectivity index (χ1n) is 5.47. The molecule has 1 aromatic carbocycles. The van der Waals surface area contributed by atoms with Crippen LogP contribution in [0.15, 0.2) is 18.2 Å². The Bertz CT molecular complexity index is 558. The van der Waals surface area contributed by atoms with Crippen molar-refractivity contribution >= 4 is 10.9 Å². The average molecular weight is 213 g/mol. The second kappa shape index (κ2) is 3.97. The van der Waals surface area contributed by atoms with Crippen LogP contribution in [-0.4, -0.2) is 9.78 Å². The van der Waals surface area contributed by atoms with Crippen molar-refractivity contribution in [3.05, 3.63) is 29.5 Å². The molecule has 16 heavy (non-hydrogen) atoms. The Labute approximate surface area is 95.3 Å². The molecule has 0 bridgehead atoms. The van der Waals surface area contributed by atoms with Crippen molar-refractivity contribution in [1.82, 2.24) is 9.78 Å². The van der Waals surface area contributed by atoms with E-state index in [1.807, 2.05) is 13.1 Å². The third kappa shape index (κ3) is 1.79. The first-order valence-corrected chi connectivity index (χ1v) is 5.47. The van der Waals surface area contributed by atoms with Crippen LogP contribution in [0.25, 0.3) is 10.9 Å². The minimum absolute atomic E-state index is 0.517. The van der Waals surface area contributed by atoms with Gasteiger partial charge in [0, 0.05) is 12.4 Å². The molecule has 0 aliphatic heterocycles. The number of nitrogens with zero attached hydrogens (tertiary/aromatic N) is 3. The lowest BCUT2D eigenvalue weighted by molar-refractivity contribution is 0.648. The summed E-state index contributed by atoms with van der Waals surface area (Å²) in [4.78, 5) is 0. The zero-order valence-electron chi connectivity index (χ0n) is 9.86. The maximum atomic E-state index is 9.00. The number of hydrogen-bond donors (Lipinski definition) is 0. The Balaban J connectivity index is 2.56. The number of benzene rings is 1. The van der Waals surface area contributed by atoms with Gasteiger partial charge >= 0.3 is 0 Å². The van der Waals surface area contributed by atoms with Crippen molar-refractivity contribution in [2.75, 3.05) is 0 Å². The third-order valence-electron chi connectivity index (χ3n) is 2.66. The van der Waals surface area contributed by atoms with Gasteiger partial charge in [0.2, 0.25) is 0 Å². The van der Waals surface area contributed by atoms with E-state index < -0.39 is 0 Å². The summed E-state index contributed by atoms with van der Waals surface area (Å²) < 4.78 is 1.76. The molecule has 3 nitrogen and oxygen atoms in total. The lowest BCUT2D eigenvalue weighted by atomic mass is 10.0. The highest BCUT2D eigenvalue weighted by Gasteiger charge is 2.08. The van der Waals surface area contributed by atoms with E-state index in [1.165, 1.54) is 5.56 Å². The lowest BCUT2D eigenvalue weighted by Gasteiger charge is -2.04. The maximum Gasteiger partial charge on any atom is 0.170 e. The highest BCUT2D eigenvalue weighted by atomic mass is 15.3. The number of nitriles is 1. The van der Waals surface area contributed by atoms with Gasteiger partial charge in [0.15, 0.2) is 5.69 Å². The van der Waals surface area contributed by atoms with Crippen molar-refractivity contribution < 1.29 is 0 Å². The second-order valence-corrected chi connectivity index (χ2v) is 4.53. The number of rotatable bonds is 2. The normalized spacial score (nSPS) is 10.9. The molecule has 0 radical (unpaired) electrons. The van der Waals surface area contributed by atoms with Gasteiger partial charge in [0.05, 0.1) is 5.52 Å². The Morgan fingerprint density at radius 3 is 2.81 bits per heavy atom. The van der Waals surface area contributed by atoms with E-state index in [1.54, 1.807) is 4.68 Å². The molecule has 0 saturated heterocycles. The van der Waals surface area contributed by atoms with Crippen molar-refractivity contribution in [1.29, 1.82) is 5.26 Å². The number of aryl methyl sites for hydroxylation is 1. The van der Waals surface area contributed by atoms with Crippen LogP contribution < -0.4 is 0 Å². The van der Waals surface area contributed by atoms with Crippen LogP contribution in [0.1, 0.15) is 25.1 Å². The van der Waals surface area contributed by atoms with Crippen molar-refractivity contribution in [3.8, 4) is 6.07 Å². The molecule has 2 rings (SSSR count). The van der Waals surface area contributed by atoms with E-state index in [2.05, 4.69) is 37.1 Å². The molecule has 0 saturated carbocycles. The lowest BCUT2D eigenvalue weighted by Crippen LogP contribution is -1.94. The van der Waals surface area contributed by atoms with Crippen molar-refractivity contribution in [3.63, 3.8) is 0 Å². The van der Waals surface area contributed by atoms with Crippen LogP contribution >= 0.6 is 0 Å². The second-order valence-electron chi connectivity index (χ2n) is 4.53. The maximum absolute atomic E-state index is 9.00. The molecule has 1 heterocycles. The van der Waals surface area contributed by atoms with Crippen molar-refractivity contribution in [2.24, 2.45) is 13.0 Å². The molecule has 1 aromatic heterocycles. The molecule has 0 fully saturated rings. The van der Waals surface area contributed by atoms with E-state index in [0.29, 0.717) is 11.6 Å². The molecular weight excluding hydrogens is 198 g/mol. The van der Waals surface area contributed by atoms with E-state index in [4.69, 9.17) is 5.26 Å². The fraction of sp³-hybridized carbons (Fsp3) is 0.385. The summed E-state index contributed by atoms with van der Waals surface area (Å²) in [6.07, 6.45) is 1.04. The Kier molecular flexibility index (Phi) is 2.66. The molecule has 0 N–H and O–H groups in total. The van der Waals surface area contributed by atoms with Gasteiger partial charge < -0.3 is 0 Å². The van der Waals surface area contributed by atoms with Gasteiger partial charge in [0.25, 0.3) is 0 Å². The first kappa shape index (κ1) is 10.7.